The number of thioether (sulfide) groups is 1. The fraction of sp³-hybridized carbons (Fsp3) is 0.500. The van der Waals surface area contributed by atoms with Crippen molar-refractivity contribution in [2.45, 2.75) is 5.75 Å². The third kappa shape index (κ3) is 9.10. The van der Waals surface area contributed by atoms with E-state index in [4.69, 9.17) is 0 Å². The number of rotatable bonds is 7. The molecule has 4 nitrogen and oxygen atoms in total. The van der Waals surface area contributed by atoms with Crippen LogP contribution >= 0.6 is 36.6 Å². The van der Waals surface area contributed by atoms with E-state index in [0.29, 0.717) is 5.75 Å². The first-order valence-electron chi connectivity index (χ1n) is 5.59. The molecule has 0 aliphatic carbocycles. The summed E-state index contributed by atoms with van der Waals surface area (Å²) < 4.78 is 0. The molecule has 0 spiro atoms. The fourth-order valence-corrected chi connectivity index (χ4v) is 2.16. The molecule has 0 fully saturated rings. The predicted molar refractivity (Wildman–Crippen MR) is 86.5 cm³/mol. The van der Waals surface area contributed by atoms with Crippen LogP contribution in [-0.4, -0.2) is 48.7 Å². The molecular weight excluding hydrogens is 305 g/mol. The van der Waals surface area contributed by atoms with Crippen molar-refractivity contribution in [3.05, 3.63) is 30.1 Å². The van der Waals surface area contributed by atoms with Crippen LogP contribution in [0.5, 0.6) is 0 Å². The minimum Gasteiger partial charge on any atom is -0.344 e. The molecule has 1 N–H and O–H groups in total. The second-order valence-electron chi connectivity index (χ2n) is 3.77. The zero-order valence-electron chi connectivity index (χ0n) is 11.2. The lowest BCUT2D eigenvalue weighted by molar-refractivity contribution is -0.127. The Balaban J connectivity index is 0. The number of carbonyl (C=O) groups excluding carboxylic acids is 1. The maximum Gasteiger partial charge on any atom is 0.232 e. The summed E-state index contributed by atoms with van der Waals surface area (Å²) in [7, 11) is 3.72. The van der Waals surface area contributed by atoms with Gasteiger partial charge in [0, 0.05) is 38.3 Å². The lowest BCUT2D eigenvalue weighted by atomic mass is 10.3. The van der Waals surface area contributed by atoms with Gasteiger partial charge in [-0.1, -0.05) is 6.07 Å². The van der Waals surface area contributed by atoms with E-state index < -0.39 is 0 Å². The van der Waals surface area contributed by atoms with Crippen LogP contribution in [0.4, 0.5) is 0 Å². The molecule has 0 aliphatic rings. The smallest absolute Gasteiger partial charge is 0.232 e. The Morgan fingerprint density at radius 1 is 1.47 bits per heavy atom. The minimum absolute atomic E-state index is 0. The van der Waals surface area contributed by atoms with E-state index in [2.05, 4.69) is 10.3 Å². The van der Waals surface area contributed by atoms with Crippen LogP contribution in [0.2, 0.25) is 0 Å². The summed E-state index contributed by atoms with van der Waals surface area (Å²) in [4.78, 5) is 17.5. The molecule has 1 amide bonds. The van der Waals surface area contributed by atoms with E-state index >= 15 is 0 Å². The molecule has 1 aromatic rings. The second kappa shape index (κ2) is 12.5. The summed E-state index contributed by atoms with van der Waals surface area (Å²) in [6, 6.07) is 3.94. The largest absolute Gasteiger partial charge is 0.344 e. The molecule has 0 aliphatic heterocycles. The highest BCUT2D eigenvalue weighted by atomic mass is 35.5. The molecule has 0 saturated heterocycles. The van der Waals surface area contributed by atoms with Gasteiger partial charge >= 0.3 is 0 Å². The van der Waals surface area contributed by atoms with Gasteiger partial charge in [0.05, 0.1) is 5.75 Å². The predicted octanol–water partition coefficient (Wildman–Crippen LogP) is 1.84. The summed E-state index contributed by atoms with van der Waals surface area (Å²) in [5.74, 6) is 1.53. The number of halogens is 2. The van der Waals surface area contributed by atoms with Gasteiger partial charge in [-0.2, -0.15) is 0 Å². The van der Waals surface area contributed by atoms with Gasteiger partial charge < -0.3 is 10.2 Å². The summed E-state index contributed by atoms with van der Waals surface area (Å²) in [6.45, 7) is 1.58. The number of nitrogens with zero attached hydrogens (tertiary/aromatic N) is 2. The molecule has 7 heteroatoms. The zero-order valence-corrected chi connectivity index (χ0v) is 13.6. The number of likely N-dealkylation sites (N-methyl/N-ethyl adjacent to an activating group) is 2. The van der Waals surface area contributed by atoms with E-state index in [1.54, 1.807) is 22.9 Å². The van der Waals surface area contributed by atoms with Gasteiger partial charge in [-0.3, -0.25) is 9.78 Å². The fourth-order valence-electron chi connectivity index (χ4n) is 1.25. The van der Waals surface area contributed by atoms with Gasteiger partial charge in [-0.15, -0.1) is 36.6 Å². The molecule has 1 aromatic heterocycles. The number of hydrogen-bond acceptors (Lipinski definition) is 4. The summed E-state index contributed by atoms with van der Waals surface area (Å²) in [5, 5.41) is 3.03. The third-order valence-electron chi connectivity index (χ3n) is 2.34. The molecule has 0 unspecified atom stereocenters. The van der Waals surface area contributed by atoms with Crippen LogP contribution in [0.15, 0.2) is 24.5 Å². The number of carbonyl (C=O) groups is 1. The maximum absolute atomic E-state index is 11.7. The molecule has 19 heavy (non-hydrogen) atoms. The van der Waals surface area contributed by atoms with Crippen LogP contribution in [0.1, 0.15) is 5.56 Å². The molecule has 0 radical (unpaired) electrons. The van der Waals surface area contributed by atoms with E-state index in [1.807, 2.05) is 32.4 Å². The Bertz CT molecular complexity index is 341. The van der Waals surface area contributed by atoms with Crippen molar-refractivity contribution in [2.75, 3.05) is 32.9 Å². The van der Waals surface area contributed by atoms with E-state index in [9.17, 15) is 4.79 Å². The first kappa shape index (κ1) is 20.8. The van der Waals surface area contributed by atoms with Crippen LogP contribution in [0, 0.1) is 0 Å². The molecule has 0 atom stereocenters. The van der Waals surface area contributed by atoms with Crippen LogP contribution in [0.3, 0.4) is 0 Å². The van der Waals surface area contributed by atoms with E-state index in [-0.39, 0.29) is 30.7 Å². The van der Waals surface area contributed by atoms with Crippen molar-refractivity contribution in [1.29, 1.82) is 0 Å². The summed E-state index contributed by atoms with van der Waals surface area (Å²) >= 11 is 1.62. The van der Waals surface area contributed by atoms with Crippen LogP contribution in [0.25, 0.3) is 0 Å². The number of hydrogen-bond donors (Lipinski definition) is 1. The SMILES string of the molecule is CNCCN(C)C(=O)CSCc1cccnc1.Cl.Cl. The van der Waals surface area contributed by atoms with Gasteiger partial charge in [0.25, 0.3) is 0 Å². The first-order chi connectivity index (χ1) is 8.24. The Morgan fingerprint density at radius 2 is 2.21 bits per heavy atom. The normalized spacial score (nSPS) is 9.16. The first-order valence-corrected chi connectivity index (χ1v) is 6.74. The second-order valence-corrected chi connectivity index (χ2v) is 4.76. The van der Waals surface area contributed by atoms with Gasteiger partial charge in [0.15, 0.2) is 0 Å². The van der Waals surface area contributed by atoms with Crippen molar-refractivity contribution in [2.24, 2.45) is 0 Å². The molecule has 0 aromatic carbocycles. The van der Waals surface area contributed by atoms with Crippen LogP contribution in [-0.2, 0) is 10.5 Å². The topological polar surface area (TPSA) is 45.2 Å². The lowest BCUT2D eigenvalue weighted by Crippen LogP contribution is -2.33. The number of nitrogens with one attached hydrogen (secondary N) is 1. The highest BCUT2D eigenvalue weighted by Gasteiger charge is 2.07. The van der Waals surface area contributed by atoms with Gasteiger partial charge in [0.2, 0.25) is 5.91 Å². The Kier molecular flexibility index (Phi) is 13.7. The molecule has 0 bridgehead atoms. The summed E-state index contributed by atoms with van der Waals surface area (Å²) in [5.41, 5.74) is 1.16. The summed E-state index contributed by atoms with van der Waals surface area (Å²) in [6.07, 6.45) is 3.59. The van der Waals surface area contributed by atoms with Crippen molar-refractivity contribution >= 4 is 42.5 Å². The number of pyridine rings is 1. The molecule has 1 heterocycles. The highest BCUT2D eigenvalue weighted by molar-refractivity contribution is 7.99. The molecular formula is C12H21Cl2N3OS. The Morgan fingerprint density at radius 3 is 2.79 bits per heavy atom. The van der Waals surface area contributed by atoms with Gasteiger partial charge in [0.1, 0.15) is 0 Å². The highest BCUT2D eigenvalue weighted by Crippen LogP contribution is 2.10. The Labute approximate surface area is 131 Å². The molecule has 1 rings (SSSR count). The monoisotopic (exact) mass is 325 g/mol. The number of amides is 1. The molecule has 110 valence electrons. The minimum atomic E-state index is 0. The van der Waals surface area contributed by atoms with Gasteiger partial charge in [-0.25, -0.2) is 0 Å². The standard InChI is InChI=1S/C12H19N3OS.2ClH/c1-13-6-7-15(2)12(16)10-17-9-11-4-3-5-14-8-11;;/h3-5,8,13H,6-7,9-10H2,1-2H3;2*1H. The lowest BCUT2D eigenvalue weighted by Gasteiger charge is -2.16. The van der Waals surface area contributed by atoms with Gasteiger partial charge in [-0.05, 0) is 18.7 Å². The van der Waals surface area contributed by atoms with E-state index in [1.165, 1.54) is 0 Å². The Hall–Kier alpha value is -0.490. The molecule has 0 saturated carbocycles. The van der Waals surface area contributed by atoms with Crippen molar-refractivity contribution < 1.29 is 4.79 Å². The zero-order chi connectivity index (χ0) is 12.5. The maximum atomic E-state index is 11.7. The van der Waals surface area contributed by atoms with Crippen molar-refractivity contribution in [3.63, 3.8) is 0 Å². The van der Waals surface area contributed by atoms with E-state index in [0.717, 1.165) is 24.4 Å². The van der Waals surface area contributed by atoms with Crippen LogP contribution < -0.4 is 5.32 Å². The van der Waals surface area contributed by atoms with Crippen molar-refractivity contribution in [1.82, 2.24) is 15.2 Å². The third-order valence-corrected chi connectivity index (χ3v) is 3.33. The number of aromatic nitrogens is 1. The van der Waals surface area contributed by atoms with Crippen molar-refractivity contribution in [3.8, 4) is 0 Å². The quantitative estimate of drug-likeness (QED) is 0.830. The average Bonchev–Trinajstić information content (AvgIpc) is 2.37. The average molecular weight is 326 g/mol.